The first-order valence-corrected chi connectivity index (χ1v) is 6.39. The molecule has 2 aromatic rings. The number of nitrogens with zero attached hydrogens (tertiary/aromatic N) is 2. The summed E-state index contributed by atoms with van der Waals surface area (Å²) in [6.45, 7) is 4.91. The number of nitrogens with one attached hydrogen (secondary N) is 1. The summed E-state index contributed by atoms with van der Waals surface area (Å²) >= 11 is 0. The lowest BCUT2D eigenvalue weighted by Crippen LogP contribution is -2.10. The van der Waals surface area contributed by atoms with Gasteiger partial charge in [0.25, 0.3) is 0 Å². The number of hydrogen-bond donors (Lipinski definition) is 1. The van der Waals surface area contributed by atoms with Crippen molar-refractivity contribution in [1.29, 1.82) is 0 Å². The van der Waals surface area contributed by atoms with E-state index in [1.165, 1.54) is 5.56 Å². The number of benzene rings is 1. The van der Waals surface area contributed by atoms with Crippen LogP contribution >= 0.6 is 0 Å². The molecule has 102 valence electrons. The van der Waals surface area contributed by atoms with Crippen molar-refractivity contribution >= 4 is 0 Å². The predicted molar refractivity (Wildman–Crippen MR) is 77.4 cm³/mol. The van der Waals surface area contributed by atoms with E-state index in [9.17, 15) is 0 Å². The van der Waals surface area contributed by atoms with Crippen LogP contribution in [0.2, 0.25) is 0 Å². The first kappa shape index (κ1) is 13.6. The van der Waals surface area contributed by atoms with Crippen LogP contribution in [0.4, 0.5) is 0 Å². The molecule has 0 bridgehead atoms. The number of aryl methyl sites for hydroxylation is 2. The van der Waals surface area contributed by atoms with Gasteiger partial charge in [-0.15, -0.1) is 0 Å². The van der Waals surface area contributed by atoms with Crippen molar-refractivity contribution in [3.8, 4) is 17.0 Å². The van der Waals surface area contributed by atoms with Crippen molar-refractivity contribution in [3.05, 3.63) is 35.3 Å². The second-order valence-electron chi connectivity index (χ2n) is 4.79. The maximum atomic E-state index is 5.41. The van der Waals surface area contributed by atoms with Crippen LogP contribution < -0.4 is 10.1 Å². The topological polar surface area (TPSA) is 39.1 Å². The third kappa shape index (κ3) is 2.49. The minimum atomic E-state index is 0.768. The van der Waals surface area contributed by atoms with Gasteiger partial charge in [0.2, 0.25) is 0 Å². The molecule has 1 heterocycles. The van der Waals surface area contributed by atoms with Gasteiger partial charge in [-0.25, -0.2) is 4.98 Å². The molecule has 0 amide bonds. The van der Waals surface area contributed by atoms with Crippen LogP contribution in [0.3, 0.4) is 0 Å². The van der Waals surface area contributed by atoms with Gasteiger partial charge in [0.1, 0.15) is 11.6 Å². The molecular weight excluding hydrogens is 238 g/mol. The van der Waals surface area contributed by atoms with Gasteiger partial charge in [0.05, 0.1) is 25.5 Å². The second-order valence-corrected chi connectivity index (χ2v) is 4.79. The lowest BCUT2D eigenvalue weighted by molar-refractivity contribution is 0.408. The molecule has 4 heteroatoms. The van der Waals surface area contributed by atoms with Gasteiger partial charge in [-0.3, -0.25) is 0 Å². The van der Waals surface area contributed by atoms with Crippen molar-refractivity contribution in [2.45, 2.75) is 20.4 Å². The third-order valence-corrected chi connectivity index (χ3v) is 3.38. The van der Waals surface area contributed by atoms with Crippen LogP contribution in [0.25, 0.3) is 11.3 Å². The summed E-state index contributed by atoms with van der Waals surface area (Å²) in [5, 5.41) is 3.13. The van der Waals surface area contributed by atoms with E-state index in [1.807, 2.05) is 20.3 Å². The third-order valence-electron chi connectivity index (χ3n) is 3.38. The zero-order valence-corrected chi connectivity index (χ0v) is 12.2. The zero-order valence-electron chi connectivity index (χ0n) is 12.2. The van der Waals surface area contributed by atoms with Gasteiger partial charge in [0.15, 0.2) is 0 Å². The van der Waals surface area contributed by atoms with Gasteiger partial charge in [-0.05, 0) is 44.2 Å². The molecule has 0 aliphatic carbocycles. The smallest absolute Gasteiger partial charge is 0.124 e. The van der Waals surface area contributed by atoms with Crippen molar-refractivity contribution < 1.29 is 4.74 Å². The molecule has 2 rings (SSSR count). The molecule has 1 N–H and O–H groups in total. The molecule has 0 aliphatic heterocycles. The van der Waals surface area contributed by atoms with Crippen LogP contribution in [0.1, 0.15) is 17.0 Å². The molecule has 1 aromatic heterocycles. The number of imidazole rings is 1. The highest BCUT2D eigenvalue weighted by molar-refractivity contribution is 5.64. The number of methoxy groups -OCH3 is 1. The molecule has 0 saturated carbocycles. The summed E-state index contributed by atoms with van der Waals surface area (Å²) in [5.74, 6) is 1.99. The van der Waals surface area contributed by atoms with Crippen LogP contribution in [0.5, 0.6) is 5.75 Å². The van der Waals surface area contributed by atoms with E-state index in [2.05, 4.69) is 40.8 Å². The van der Waals surface area contributed by atoms with Crippen LogP contribution in [0.15, 0.2) is 18.3 Å². The first-order chi connectivity index (χ1) is 9.08. The second kappa shape index (κ2) is 5.45. The van der Waals surface area contributed by atoms with Gasteiger partial charge >= 0.3 is 0 Å². The van der Waals surface area contributed by atoms with Gasteiger partial charge in [-0.2, -0.15) is 0 Å². The highest BCUT2D eigenvalue weighted by Gasteiger charge is 2.11. The van der Waals surface area contributed by atoms with E-state index in [-0.39, 0.29) is 0 Å². The Hall–Kier alpha value is -1.81. The summed E-state index contributed by atoms with van der Waals surface area (Å²) in [4.78, 5) is 4.45. The predicted octanol–water partition coefficient (Wildman–Crippen LogP) is 2.43. The fourth-order valence-corrected chi connectivity index (χ4v) is 2.46. The van der Waals surface area contributed by atoms with Gasteiger partial charge in [-0.1, -0.05) is 0 Å². The van der Waals surface area contributed by atoms with E-state index >= 15 is 0 Å². The zero-order chi connectivity index (χ0) is 14.0. The summed E-state index contributed by atoms with van der Waals surface area (Å²) < 4.78 is 7.53. The van der Waals surface area contributed by atoms with E-state index in [0.717, 1.165) is 34.9 Å². The largest absolute Gasteiger partial charge is 0.496 e. The Bertz CT molecular complexity index is 564. The lowest BCUT2D eigenvalue weighted by atomic mass is 10.0. The Morgan fingerprint density at radius 2 is 1.89 bits per heavy atom. The Kier molecular flexibility index (Phi) is 3.90. The normalized spacial score (nSPS) is 10.8. The first-order valence-electron chi connectivity index (χ1n) is 6.39. The van der Waals surface area contributed by atoms with E-state index in [0.29, 0.717) is 0 Å². The molecule has 0 atom stereocenters. The minimum absolute atomic E-state index is 0.768. The fraction of sp³-hybridized carbons (Fsp3) is 0.400. The minimum Gasteiger partial charge on any atom is -0.496 e. The van der Waals surface area contributed by atoms with Crippen LogP contribution in [-0.4, -0.2) is 23.7 Å². The lowest BCUT2D eigenvalue weighted by Gasteiger charge is -2.12. The Morgan fingerprint density at radius 3 is 2.42 bits per heavy atom. The molecule has 0 unspecified atom stereocenters. The van der Waals surface area contributed by atoms with Gasteiger partial charge in [0, 0.05) is 12.6 Å². The quantitative estimate of drug-likeness (QED) is 0.916. The number of hydrogen-bond acceptors (Lipinski definition) is 3. The molecule has 4 nitrogen and oxygen atoms in total. The number of aromatic nitrogens is 2. The summed E-state index contributed by atoms with van der Waals surface area (Å²) in [6, 6.07) is 4.29. The highest BCUT2D eigenvalue weighted by Crippen LogP contribution is 2.29. The highest BCUT2D eigenvalue weighted by atomic mass is 16.5. The van der Waals surface area contributed by atoms with Crippen LogP contribution in [0, 0.1) is 13.8 Å². The molecule has 0 radical (unpaired) electrons. The molecule has 19 heavy (non-hydrogen) atoms. The Morgan fingerprint density at radius 1 is 1.26 bits per heavy atom. The average molecular weight is 259 g/mol. The van der Waals surface area contributed by atoms with Crippen molar-refractivity contribution in [2.75, 3.05) is 14.2 Å². The molecule has 1 aromatic carbocycles. The fourth-order valence-electron chi connectivity index (χ4n) is 2.46. The molecular formula is C15H21N3O. The van der Waals surface area contributed by atoms with E-state index in [1.54, 1.807) is 7.11 Å². The summed E-state index contributed by atoms with van der Waals surface area (Å²) in [5.41, 5.74) is 4.59. The monoisotopic (exact) mass is 259 g/mol. The average Bonchev–Trinajstić information content (AvgIpc) is 2.71. The van der Waals surface area contributed by atoms with Crippen molar-refractivity contribution in [2.24, 2.45) is 7.05 Å². The Balaban J connectivity index is 2.48. The SMILES string of the molecule is CNCc1ncc(-c2cc(C)c(OC)c(C)c2)n1C. The van der Waals surface area contributed by atoms with Gasteiger partial charge < -0.3 is 14.6 Å². The summed E-state index contributed by atoms with van der Waals surface area (Å²) in [7, 11) is 5.68. The van der Waals surface area contributed by atoms with Crippen LogP contribution in [-0.2, 0) is 13.6 Å². The maximum Gasteiger partial charge on any atom is 0.124 e. The van der Waals surface area contributed by atoms with Crippen molar-refractivity contribution in [3.63, 3.8) is 0 Å². The molecule has 0 aliphatic rings. The molecule has 0 fully saturated rings. The number of ether oxygens (including phenoxy) is 1. The molecule has 0 saturated heterocycles. The van der Waals surface area contributed by atoms with E-state index in [4.69, 9.17) is 4.74 Å². The van der Waals surface area contributed by atoms with Crippen molar-refractivity contribution in [1.82, 2.24) is 14.9 Å². The molecule has 0 spiro atoms. The van der Waals surface area contributed by atoms with E-state index < -0.39 is 0 Å². The summed E-state index contributed by atoms with van der Waals surface area (Å²) in [6.07, 6.45) is 1.92. The number of rotatable bonds is 4. The standard InChI is InChI=1S/C15H21N3O/c1-10-6-12(7-11(2)15(10)19-5)13-8-17-14(9-16-3)18(13)4/h6-8,16H,9H2,1-5H3. The Labute approximate surface area is 114 Å². The maximum absolute atomic E-state index is 5.41.